The Morgan fingerprint density at radius 2 is 1.72 bits per heavy atom. The Bertz CT molecular complexity index is 1000. The van der Waals surface area contributed by atoms with Crippen molar-refractivity contribution < 1.29 is 23.9 Å². The first-order valence-corrected chi connectivity index (χ1v) is 10.8. The number of likely N-dealkylation sites (tertiary alicyclic amines) is 1. The molecule has 1 saturated heterocycles. The maximum atomic E-state index is 12.6. The molecule has 0 atom stereocenters. The number of nitrogens with zero attached hydrogens (tertiary/aromatic N) is 1. The maximum absolute atomic E-state index is 12.6. The third kappa shape index (κ3) is 5.26. The van der Waals surface area contributed by atoms with Crippen LogP contribution in [0.5, 0.6) is 11.5 Å². The van der Waals surface area contributed by atoms with E-state index in [9.17, 15) is 14.4 Å². The highest BCUT2D eigenvalue weighted by Gasteiger charge is 2.26. The van der Waals surface area contributed by atoms with Gasteiger partial charge in [0.25, 0.3) is 0 Å². The summed E-state index contributed by atoms with van der Waals surface area (Å²) < 4.78 is 10.7. The third-order valence-electron chi connectivity index (χ3n) is 5.80. The molecule has 0 saturated carbocycles. The number of Topliss-reactive ketones (excluding diaryl/α,β-unsaturated/α-hetero) is 1. The second kappa shape index (κ2) is 9.82. The van der Waals surface area contributed by atoms with E-state index >= 15 is 0 Å². The second-order valence-electron chi connectivity index (χ2n) is 8.11. The van der Waals surface area contributed by atoms with Crippen LogP contribution in [0.1, 0.15) is 35.7 Å². The van der Waals surface area contributed by atoms with Gasteiger partial charge in [-0.2, -0.15) is 0 Å². The lowest BCUT2D eigenvalue weighted by atomic mass is 9.96. The zero-order valence-corrected chi connectivity index (χ0v) is 18.1. The van der Waals surface area contributed by atoms with Gasteiger partial charge in [-0.25, -0.2) is 0 Å². The Balaban J connectivity index is 1.26. The molecule has 2 amide bonds. The van der Waals surface area contributed by atoms with Gasteiger partial charge in [0, 0.05) is 24.1 Å². The molecule has 2 heterocycles. The van der Waals surface area contributed by atoms with Crippen molar-refractivity contribution in [2.45, 2.75) is 26.3 Å². The van der Waals surface area contributed by atoms with Gasteiger partial charge in [-0.1, -0.05) is 30.3 Å². The standard InChI is InChI=1S/C24H27N3O5/c1-16(28)19-11-21-22(32-15-31-21)12-20(19)26-23(29)14-27-9-7-18(8-10-27)24(30)25-13-17-5-3-2-4-6-17/h2-6,11-12,18H,7-10,13-15H2,1H3,(H,25,30)(H,26,29). The number of benzene rings is 2. The van der Waals surface area contributed by atoms with Gasteiger partial charge in [-0.3, -0.25) is 19.3 Å². The lowest BCUT2D eigenvalue weighted by molar-refractivity contribution is -0.126. The summed E-state index contributed by atoms with van der Waals surface area (Å²) in [5.41, 5.74) is 1.88. The van der Waals surface area contributed by atoms with Crippen molar-refractivity contribution in [1.82, 2.24) is 10.2 Å². The minimum absolute atomic E-state index is 0.0452. The molecule has 0 spiro atoms. The average molecular weight is 437 g/mol. The number of amides is 2. The van der Waals surface area contributed by atoms with Crippen LogP contribution < -0.4 is 20.1 Å². The van der Waals surface area contributed by atoms with Gasteiger partial charge in [-0.15, -0.1) is 0 Å². The van der Waals surface area contributed by atoms with Gasteiger partial charge in [0.2, 0.25) is 18.6 Å². The monoisotopic (exact) mass is 437 g/mol. The van der Waals surface area contributed by atoms with Crippen LogP contribution in [-0.2, 0) is 16.1 Å². The number of nitrogens with one attached hydrogen (secondary N) is 2. The predicted molar refractivity (Wildman–Crippen MR) is 119 cm³/mol. The number of ketones is 1. The van der Waals surface area contributed by atoms with E-state index in [1.165, 1.54) is 6.92 Å². The van der Waals surface area contributed by atoms with Crippen molar-refractivity contribution in [1.29, 1.82) is 0 Å². The molecule has 8 nitrogen and oxygen atoms in total. The highest BCUT2D eigenvalue weighted by Crippen LogP contribution is 2.37. The van der Waals surface area contributed by atoms with Crippen LogP contribution in [0.25, 0.3) is 0 Å². The summed E-state index contributed by atoms with van der Waals surface area (Å²) in [4.78, 5) is 39.1. The minimum atomic E-state index is -0.210. The maximum Gasteiger partial charge on any atom is 0.238 e. The number of hydrogen-bond donors (Lipinski definition) is 2. The molecular weight excluding hydrogens is 410 g/mol. The van der Waals surface area contributed by atoms with Crippen LogP contribution in [0, 0.1) is 5.92 Å². The van der Waals surface area contributed by atoms with Crippen LogP contribution in [0.4, 0.5) is 5.69 Å². The summed E-state index contributed by atoms with van der Waals surface area (Å²) in [5.74, 6) is 0.647. The van der Waals surface area contributed by atoms with Crippen molar-refractivity contribution in [3.05, 3.63) is 53.6 Å². The number of anilines is 1. The van der Waals surface area contributed by atoms with E-state index in [-0.39, 0.29) is 36.9 Å². The van der Waals surface area contributed by atoms with Crippen LogP contribution in [-0.4, -0.2) is 48.9 Å². The Labute approximate surface area is 186 Å². The van der Waals surface area contributed by atoms with E-state index in [2.05, 4.69) is 10.6 Å². The number of hydrogen-bond acceptors (Lipinski definition) is 6. The van der Waals surface area contributed by atoms with E-state index in [4.69, 9.17) is 9.47 Å². The van der Waals surface area contributed by atoms with Crippen molar-refractivity contribution in [2.75, 3.05) is 31.7 Å². The molecule has 32 heavy (non-hydrogen) atoms. The molecular formula is C24H27N3O5. The zero-order valence-electron chi connectivity index (χ0n) is 18.1. The first-order chi connectivity index (χ1) is 15.5. The van der Waals surface area contributed by atoms with Crippen molar-refractivity contribution in [3.8, 4) is 11.5 Å². The van der Waals surface area contributed by atoms with Gasteiger partial charge >= 0.3 is 0 Å². The summed E-state index contributed by atoms with van der Waals surface area (Å²) >= 11 is 0. The fourth-order valence-electron chi connectivity index (χ4n) is 4.01. The van der Waals surface area contributed by atoms with Crippen LogP contribution >= 0.6 is 0 Å². The molecule has 4 rings (SSSR count). The van der Waals surface area contributed by atoms with Crippen molar-refractivity contribution in [3.63, 3.8) is 0 Å². The van der Waals surface area contributed by atoms with Gasteiger partial charge in [-0.05, 0) is 44.5 Å². The molecule has 2 aromatic carbocycles. The number of piperidine rings is 1. The third-order valence-corrected chi connectivity index (χ3v) is 5.80. The molecule has 2 N–H and O–H groups in total. The van der Waals surface area contributed by atoms with Gasteiger partial charge in [0.15, 0.2) is 17.3 Å². The largest absolute Gasteiger partial charge is 0.454 e. The lowest BCUT2D eigenvalue weighted by Crippen LogP contribution is -2.43. The lowest BCUT2D eigenvalue weighted by Gasteiger charge is -2.30. The smallest absolute Gasteiger partial charge is 0.238 e. The van der Waals surface area contributed by atoms with Gasteiger partial charge in [0.1, 0.15) is 0 Å². The minimum Gasteiger partial charge on any atom is -0.454 e. The summed E-state index contributed by atoms with van der Waals surface area (Å²) in [6.07, 6.45) is 1.41. The van der Waals surface area contributed by atoms with Crippen molar-refractivity contribution in [2.24, 2.45) is 5.92 Å². The highest BCUT2D eigenvalue weighted by molar-refractivity contribution is 6.05. The second-order valence-corrected chi connectivity index (χ2v) is 8.11. The summed E-state index contributed by atoms with van der Waals surface area (Å²) in [6, 6.07) is 13.0. The molecule has 0 aromatic heterocycles. The fraction of sp³-hybridized carbons (Fsp3) is 0.375. The molecule has 0 radical (unpaired) electrons. The Hall–Kier alpha value is -3.39. The van der Waals surface area contributed by atoms with Crippen molar-refractivity contribution >= 4 is 23.3 Å². The quantitative estimate of drug-likeness (QED) is 0.647. The molecule has 168 valence electrons. The molecule has 0 bridgehead atoms. The highest BCUT2D eigenvalue weighted by atomic mass is 16.7. The average Bonchev–Trinajstić information content (AvgIpc) is 3.25. The summed E-state index contributed by atoms with van der Waals surface area (Å²) in [6.45, 7) is 3.59. The van der Waals surface area contributed by atoms with E-state index in [1.807, 2.05) is 35.2 Å². The number of ether oxygens (including phenoxy) is 2. The first-order valence-electron chi connectivity index (χ1n) is 10.8. The Morgan fingerprint density at radius 1 is 1.03 bits per heavy atom. The molecule has 2 aromatic rings. The van der Waals surface area contributed by atoms with E-state index < -0.39 is 0 Å². The number of fused-ring (bicyclic) bond motifs is 1. The number of rotatable bonds is 7. The molecule has 1 fully saturated rings. The van der Waals surface area contributed by atoms with E-state index in [1.54, 1.807) is 12.1 Å². The summed E-state index contributed by atoms with van der Waals surface area (Å²) in [5, 5.41) is 5.83. The van der Waals surface area contributed by atoms with Gasteiger partial charge in [0.05, 0.1) is 12.2 Å². The fourth-order valence-corrected chi connectivity index (χ4v) is 4.01. The Morgan fingerprint density at radius 3 is 2.41 bits per heavy atom. The Kier molecular flexibility index (Phi) is 6.70. The topological polar surface area (TPSA) is 97.0 Å². The SMILES string of the molecule is CC(=O)c1cc2c(cc1NC(=O)CN1CCC(C(=O)NCc3ccccc3)CC1)OCO2. The number of carbonyl (C=O) groups is 3. The van der Waals surface area contributed by atoms with Gasteiger partial charge < -0.3 is 20.1 Å². The summed E-state index contributed by atoms with van der Waals surface area (Å²) in [7, 11) is 0. The zero-order chi connectivity index (χ0) is 22.5. The van der Waals surface area contributed by atoms with Crippen LogP contribution in [0.3, 0.4) is 0 Å². The van der Waals surface area contributed by atoms with Crippen LogP contribution in [0.2, 0.25) is 0 Å². The van der Waals surface area contributed by atoms with Crippen LogP contribution in [0.15, 0.2) is 42.5 Å². The molecule has 2 aliphatic heterocycles. The number of carbonyl (C=O) groups excluding carboxylic acids is 3. The molecule has 0 aliphatic carbocycles. The molecule has 0 unspecified atom stereocenters. The predicted octanol–water partition coefficient (Wildman–Crippen LogP) is 2.58. The molecule has 2 aliphatic rings. The van der Waals surface area contributed by atoms with E-state index in [0.29, 0.717) is 55.2 Å². The molecule has 8 heteroatoms. The normalized spacial score (nSPS) is 15.9. The first kappa shape index (κ1) is 21.8. The van der Waals surface area contributed by atoms with E-state index in [0.717, 1.165) is 5.56 Å².